The number of carbonyl (C=O) groups excluding carboxylic acids is 1. The molecule has 5 nitrogen and oxygen atoms in total. The standard InChI is InChI=1S/C13H17N4O/c1-11(18)9-13(2,3)17-14-10-16(15-17)12-7-5-4-6-8-12/h4-8,10H,9H2,1-3H3/q+1. The molecule has 2 rings (SSSR count). The lowest BCUT2D eigenvalue weighted by atomic mass is 9.99. The molecule has 1 aromatic carbocycles. The average molecular weight is 245 g/mol. The van der Waals surface area contributed by atoms with Crippen LogP contribution in [0.2, 0.25) is 0 Å². The Morgan fingerprint density at radius 3 is 2.61 bits per heavy atom. The van der Waals surface area contributed by atoms with Crippen LogP contribution in [0.15, 0.2) is 36.7 Å². The highest BCUT2D eigenvalue weighted by Gasteiger charge is 2.31. The molecule has 0 saturated heterocycles. The smallest absolute Gasteiger partial charge is 0.291 e. The van der Waals surface area contributed by atoms with Gasteiger partial charge in [0.1, 0.15) is 17.0 Å². The Labute approximate surface area is 106 Å². The molecule has 1 heterocycles. The Hall–Kier alpha value is -2.04. The Morgan fingerprint density at radius 2 is 2.00 bits per heavy atom. The summed E-state index contributed by atoms with van der Waals surface area (Å²) in [6.45, 7) is 5.48. The predicted octanol–water partition coefficient (Wildman–Crippen LogP) is 1.27. The Morgan fingerprint density at radius 1 is 1.33 bits per heavy atom. The molecule has 0 aliphatic carbocycles. The maximum absolute atomic E-state index is 11.2. The summed E-state index contributed by atoms with van der Waals surface area (Å²) in [4.78, 5) is 12.8. The van der Waals surface area contributed by atoms with Crippen LogP contribution in [0, 0.1) is 0 Å². The van der Waals surface area contributed by atoms with Gasteiger partial charge in [0.25, 0.3) is 6.33 Å². The van der Waals surface area contributed by atoms with E-state index in [1.165, 1.54) is 0 Å². The number of hydrogen-bond donors (Lipinski definition) is 0. The van der Waals surface area contributed by atoms with Crippen molar-refractivity contribution < 1.29 is 9.48 Å². The minimum Gasteiger partial charge on any atom is -0.300 e. The number of rotatable bonds is 4. The summed E-state index contributed by atoms with van der Waals surface area (Å²) in [5.41, 5.74) is 0.536. The van der Waals surface area contributed by atoms with Gasteiger partial charge in [-0.2, -0.15) is 0 Å². The molecule has 0 saturated carbocycles. The van der Waals surface area contributed by atoms with E-state index in [0.29, 0.717) is 6.42 Å². The number of aromatic nitrogens is 4. The number of hydrogen-bond acceptors (Lipinski definition) is 3. The summed E-state index contributed by atoms with van der Waals surface area (Å²) >= 11 is 0. The molecule has 0 aliphatic rings. The molecule has 0 bridgehead atoms. The van der Waals surface area contributed by atoms with Crippen molar-refractivity contribution in [1.29, 1.82) is 0 Å². The van der Waals surface area contributed by atoms with Crippen molar-refractivity contribution >= 4 is 5.78 Å². The van der Waals surface area contributed by atoms with Gasteiger partial charge < -0.3 is 0 Å². The number of nitrogens with zero attached hydrogens (tertiary/aromatic N) is 4. The van der Waals surface area contributed by atoms with E-state index in [-0.39, 0.29) is 5.78 Å². The lowest BCUT2D eigenvalue weighted by Gasteiger charge is -2.14. The molecule has 0 unspecified atom stereocenters. The highest BCUT2D eigenvalue weighted by atomic mass is 16.1. The van der Waals surface area contributed by atoms with Crippen LogP contribution in [0.25, 0.3) is 5.69 Å². The fraction of sp³-hybridized carbons (Fsp3) is 0.385. The van der Waals surface area contributed by atoms with Crippen molar-refractivity contribution in [2.75, 3.05) is 0 Å². The normalized spacial score (nSPS) is 11.5. The van der Waals surface area contributed by atoms with Crippen LogP contribution in [-0.2, 0) is 10.3 Å². The highest BCUT2D eigenvalue weighted by molar-refractivity contribution is 5.76. The minimum absolute atomic E-state index is 0.128. The second kappa shape index (κ2) is 4.68. The predicted molar refractivity (Wildman–Crippen MR) is 66.2 cm³/mol. The van der Waals surface area contributed by atoms with Gasteiger partial charge in [0.15, 0.2) is 0 Å². The fourth-order valence-electron chi connectivity index (χ4n) is 1.89. The van der Waals surface area contributed by atoms with Gasteiger partial charge in [0, 0.05) is 6.42 Å². The average Bonchev–Trinajstić information content (AvgIpc) is 2.78. The highest BCUT2D eigenvalue weighted by Crippen LogP contribution is 2.16. The molecule has 18 heavy (non-hydrogen) atoms. The maximum atomic E-state index is 11.2. The molecule has 0 fully saturated rings. The molecule has 1 aromatic heterocycles. The second-order valence-electron chi connectivity index (χ2n) is 4.98. The summed E-state index contributed by atoms with van der Waals surface area (Å²) in [5, 5.41) is 8.61. The van der Waals surface area contributed by atoms with Crippen LogP contribution in [0.3, 0.4) is 0 Å². The zero-order valence-electron chi connectivity index (χ0n) is 10.9. The first-order valence-electron chi connectivity index (χ1n) is 5.89. The van der Waals surface area contributed by atoms with Crippen molar-refractivity contribution in [2.45, 2.75) is 32.7 Å². The van der Waals surface area contributed by atoms with Gasteiger partial charge >= 0.3 is 0 Å². The minimum atomic E-state index is -0.411. The van der Waals surface area contributed by atoms with Gasteiger partial charge in [0.2, 0.25) is 0 Å². The molecule has 2 aromatic rings. The summed E-state index contributed by atoms with van der Waals surface area (Å²) < 4.78 is 1.70. The van der Waals surface area contributed by atoms with Crippen molar-refractivity contribution in [3.05, 3.63) is 36.7 Å². The molecular formula is C13H17N4O+. The zero-order chi connectivity index (χ0) is 13.2. The van der Waals surface area contributed by atoms with Gasteiger partial charge in [-0.25, -0.2) is 0 Å². The van der Waals surface area contributed by atoms with Crippen molar-refractivity contribution in [1.82, 2.24) is 15.1 Å². The lowest BCUT2D eigenvalue weighted by molar-refractivity contribution is -0.663. The Bertz CT molecular complexity index is 545. The number of tetrazole rings is 1. The largest absolute Gasteiger partial charge is 0.300 e. The van der Waals surface area contributed by atoms with Gasteiger partial charge in [-0.15, -0.1) is 4.68 Å². The van der Waals surface area contributed by atoms with E-state index >= 15 is 0 Å². The SMILES string of the molecule is CC(=O)CC(C)(C)n1nc[n+](-c2ccccc2)n1. The first kappa shape index (κ1) is 12.4. The molecule has 5 heteroatoms. The fourth-order valence-corrected chi connectivity index (χ4v) is 1.89. The van der Waals surface area contributed by atoms with Crippen LogP contribution in [0.4, 0.5) is 0 Å². The Kier molecular flexibility index (Phi) is 3.23. The summed E-state index contributed by atoms with van der Waals surface area (Å²) in [7, 11) is 0. The number of carbonyl (C=O) groups is 1. The summed E-state index contributed by atoms with van der Waals surface area (Å²) in [6.07, 6.45) is 2.06. The van der Waals surface area contributed by atoms with Crippen LogP contribution in [0.1, 0.15) is 27.2 Å². The third kappa shape index (κ3) is 2.61. The van der Waals surface area contributed by atoms with Crippen molar-refractivity contribution in [3.8, 4) is 5.69 Å². The second-order valence-corrected chi connectivity index (χ2v) is 4.98. The molecule has 0 aliphatic heterocycles. The van der Waals surface area contributed by atoms with Crippen molar-refractivity contribution in [3.63, 3.8) is 0 Å². The number of ketones is 1. The van der Waals surface area contributed by atoms with Gasteiger partial charge in [-0.1, -0.05) is 18.2 Å². The maximum Gasteiger partial charge on any atom is 0.291 e. The number of para-hydroxylation sites is 1. The Balaban J connectivity index is 2.28. The third-order valence-electron chi connectivity index (χ3n) is 2.70. The third-order valence-corrected chi connectivity index (χ3v) is 2.70. The van der Waals surface area contributed by atoms with Gasteiger partial charge in [-0.3, -0.25) is 4.79 Å². The molecule has 0 radical (unpaired) electrons. The quantitative estimate of drug-likeness (QED) is 0.762. The van der Waals surface area contributed by atoms with E-state index in [4.69, 9.17) is 0 Å². The van der Waals surface area contributed by atoms with E-state index in [9.17, 15) is 4.79 Å². The van der Waals surface area contributed by atoms with Gasteiger partial charge in [0.05, 0.1) is 10.3 Å². The van der Waals surface area contributed by atoms with Crippen molar-refractivity contribution in [2.24, 2.45) is 0 Å². The monoisotopic (exact) mass is 245 g/mol. The summed E-state index contributed by atoms with van der Waals surface area (Å²) in [6, 6.07) is 9.76. The summed E-state index contributed by atoms with van der Waals surface area (Å²) in [5.74, 6) is 0.128. The van der Waals surface area contributed by atoms with E-state index < -0.39 is 5.54 Å². The first-order chi connectivity index (χ1) is 8.49. The molecule has 0 amide bonds. The van der Waals surface area contributed by atoms with E-state index in [2.05, 4.69) is 10.3 Å². The van der Waals surface area contributed by atoms with E-state index in [0.717, 1.165) is 5.69 Å². The lowest BCUT2D eigenvalue weighted by Crippen LogP contribution is -2.38. The van der Waals surface area contributed by atoms with Gasteiger partial charge in [-0.05, 0) is 37.7 Å². The zero-order valence-corrected chi connectivity index (χ0v) is 10.9. The van der Waals surface area contributed by atoms with Crippen LogP contribution >= 0.6 is 0 Å². The molecule has 0 spiro atoms. The molecule has 0 N–H and O–H groups in total. The van der Waals surface area contributed by atoms with Crippen LogP contribution in [-0.4, -0.2) is 20.9 Å². The first-order valence-corrected chi connectivity index (χ1v) is 5.89. The number of Topliss-reactive ketones (excluding diaryl/α,β-unsaturated/α-hetero) is 1. The van der Waals surface area contributed by atoms with E-state index in [1.54, 1.807) is 22.7 Å². The van der Waals surface area contributed by atoms with E-state index in [1.807, 2.05) is 44.2 Å². The number of benzene rings is 1. The molecule has 0 atom stereocenters. The molecular weight excluding hydrogens is 228 g/mol. The van der Waals surface area contributed by atoms with Crippen LogP contribution in [0.5, 0.6) is 0 Å². The molecule has 94 valence electrons. The topological polar surface area (TPSA) is 51.7 Å². The van der Waals surface area contributed by atoms with Crippen LogP contribution < -0.4 is 4.68 Å².